The third kappa shape index (κ3) is 3.56. The maximum atomic E-state index is 12.1. The summed E-state index contributed by atoms with van der Waals surface area (Å²) in [6.07, 6.45) is 3.42. The molecule has 1 aromatic carbocycles. The summed E-state index contributed by atoms with van der Waals surface area (Å²) in [5.41, 5.74) is 1.49. The molecule has 2 aromatic heterocycles. The van der Waals surface area contributed by atoms with Crippen LogP contribution in [0.3, 0.4) is 0 Å². The van der Waals surface area contributed by atoms with Crippen LogP contribution >= 0.6 is 0 Å². The maximum Gasteiger partial charge on any atom is 0.259 e. The predicted molar refractivity (Wildman–Crippen MR) is 87.5 cm³/mol. The number of nitrogens with one attached hydrogen (secondary N) is 1. The normalized spacial score (nSPS) is 13.1. The highest BCUT2D eigenvalue weighted by molar-refractivity contribution is 7.89. The number of hydrogen-bond acceptors (Lipinski definition) is 5. The minimum Gasteiger partial charge on any atom is -0.464 e. The van der Waals surface area contributed by atoms with E-state index in [9.17, 15) is 13.5 Å². The number of aryl methyl sites for hydroxylation is 1. The van der Waals surface area contributed by atoms with Gasteiger partial charge in [0.15, 0.2) is 5.03 Å². The molecule has 2 heterocycles. The summed E-state index contributed by atoms with van der Waals surface area (Å²) in [6.45, 7) is -0.140. The van der Waals surface area contributed by atoms with Crippen LogP contribution < -0.4 is 4.72 Å². The summed E-state index contributed by atoms with van der Waals surface area (Å²) in [5.74, 6) is 0.729. The van der Waals surface area contributed by atoms with Gasteiger partial charge in [0.2, 0.25) is 0 Å². The summed E-state index contributed by atoms with van der Waals surface area (Å²) in [7, 11) is -2.06. The summed E-state index contributed by atoms with van der Waals surface area (Å²) in [5, 5.41) is 10.1. The van der Waals surface area contributed by atoms with Gasteiger partial charge in [-0.3, -0.25) is 0 Å². The second kappa shape index (κ2) is 6.60. The van der Waals surface area contributed by atoms with Gasteiger partial charge in [0.25, 0.3) is 10.0 Å². The standard InChI is InChI=1S/C16H17N3O4S/c1-19-10-16(17-11-19)24(21,22)18-9-14(20)12-4-6-13(7-5-12)15-3-2-8-23-15/h2-8,10-11,14,18,20H,9H2,1H3. The first-order chi connectivity index (χ1) is 11.5. The van der Waals surface area contributed by atoms with Crippen LogP contribution in [0.2, 0.25) is 0 Å². The van der Waals surface area contributed by atoms with Crippen molar-refractivity contribution >= 4 is 10.0 Å². The summed E-state index contributed by atoms with van der Waals surface area (Å²) in [6, 6.07) is 10.7. The van der Waals surface area contributed by atoms with Crippen molar-refractivity contribution in [2.24, 2.45) is 7.05 Å². The van der Waals surface area contributed by atoms with Crippen LogP contribution in [0.1, 0.15) is 11.7 Å². The van der Waals surface area contributed by atoms with Crippen molar-refractivity contribution in [2.75, 3.05) is 6.54 Å². The van der Waals surface area contributed by atoms with Gasteiger partial charge in [0.05, 0.1) is 18.7 Å². The molecule has 0 aliphatic rings. The molecule has 0 spiro atoms. The average molecular weight is 347 g/mol. The molecule has 1 unspecified atom stereocenters. The highest BCUT2D eigenvalue weighted by Gasteiger charge is 2.19. The van der Waals surface area contributed by atoms with Crippen molar-refractivity contribution in [3.8, 4) is 11.3 Å². The monoisotopic (exact) mass is 347 g/mol. The predicted octanol–water partition coefficient (Wildman–Crippen LogP) is 1.69. The van der Waals surface area contributed by atoms with E-state index < -0.39 is 16.1 Å². The molecule has 0 radical (unpaired) electrons. The Bertz CT molecular complexity index is 899. The lowest BCUT2D eigenvalue weighted by Crippen LogP contribution is -2.28. The van der Waals surface area contributed by atoms with E-state index in [0.717, 1.165) is 11.3 Å². The van der Waals surface area contributed by atoms with E-state index in [4.69, 9.17) is 4.42 Å². The van der Waals surface area contributed by atoms with Crippen LogP contribution in [0, 0.1) is 0 Å². The van der Waals surface area contributed by atoms with Crippen LogP contribution in [0.5, 0.6) is 0 Å². The number of rotatable bonds is 6. The van der Waals surface area contributed by atoms with E-state index in [2.05, 4.69) is 9.71 Å². The van der Waals surface area contributed by atoms with Gasteiger partial charge in [-0.05, 0) is 17.7 Å². The molecule has 24 heavy (non-hydrogen) atoms. The smallest absolute Gasteiger partial charge is 0.259 e. The van der Waals surface area contributed by atoms with Gasteiger partial charge < -0.3 is 14.1 Å². The van der Waals surface area contributed by atoms with Gasteiger partial charge in [-0.2, -0.15) is 0 Å². The molecule has 3 rings (SSSR count). The fraction of sp³-hybridized carbons (Fsp3) is 0.188. The van der Waals surface area contributed by atoms with Crippen molar-refractivity contribution in [3.05, 3.63) is 60.7 Å². The molecule has 0 saturated carbocycles. The van der Waals surface area contributed by atoms with E-state index in [-0.39, 0.29) is 11.6 Å². The van der Waals surface area contributed by atoms with E-state index in [1.807, 2.05) is 18.2 Å². The second-order valence-electron chi connectivity index (χ2n) is 5.34. The Labute approximate surface area is 139 Å². The lowest BCUT2D eigenvalue weighted by molar-refractivity contribution is 0.182. The van der Waals surface area contributed by atoms with E-state index in [1.54, 1.807) is 36.1 Å². The van der Waals surface area contributed by atoms with Gasteiger partial charge in [0.1, 0.15) is 5.76 Å². The van der Waals surface area contributed by atoms with Crippen LogP contribution in [-0.2, 0) is 17.1 Å². The molecule has 0 saturated heterocycles. The van der Waals surface area contributed by atoms with Crippen molar-refractivity contribution in [2.45, 2.75) is 11.1 Å². The average Bonchev–Trinajstić information content (AvgIpc) is 3.24. The Hall–Kier alpha value is -2.42. The number of nitrogens with zero attached hydrogens (tertiary/aromatic N) is 2. The zero-order chi connectivity index (χ0) is 17.2. The van der Waals surface area contributed by atoms with Crippen molar-refractivity contribution < 1.29 is 17.9 Å². The number of imidazole rings is 1. The molecule has 0 amide bonds. The van der Waals surface area contributed by atoms with E-state index in [1.165, 1.54) is 12.5 Å². The van der Waals surface area contributed by atoms with Crippen LogP contribution in [0.15, 0.2) is 64.6 Å². The molecule has 0 fully saturated rings. The number of aromatic nitrogens is 2. The maximum absolute atomic E-state index is 12.1. The fourth-order valence-corrected chi connectivity index (χ4v) is 3.24. The minimum atomic E-state index is -3.74. The molecule has 1 atom stereocenters. The fourth-order valence-electron chi connectivity index (χ4n) is 2.22. The van der Waals surface area contributed by atoms with Gasteiger partial charge in [-0.1, -0.05) is 24.3 Å². The Morgan fingerprint density at radius 1 is 1.29 bits per heavy atom. The minimum absolute atomic E-state index is 0.0784. The molecule has 0 bridgehead atoms. The SMILES string of the molecule is Cn1cnc(S(=O)(=O)NCC(O)c2ccc(-c3ccco3)cc2)c1. The van der Waals surface area contributed by atoms with Crippen molar-refractivity contribution in [1.29, 1.82) is 0 Å². The summed E-state index contributed by atoms with van der Waals surface area (Å²) >= 11 is 0. The largest absolute Gasteiger partial charge is 0.464 e. The Morgan fingerprint density at radius 3 is 2.62 bits per heavy atom. The quantitative estimate of drug-likeness (QED) is 0.707. The number of benzene rings is 1. The molecular weight excluding hydrogens is 330 g/mol. The molecule has 2 N–H and O–H groups in total. The highest BCUT2D eigenvalue weighted by Crippen LogP contribution is 2.22. The topological polar surface area (TPSA) is 97.4 Å². The Balaban J connectivity index is 1.65. The van der Waals surface area contributed by atoms with Gasteiger partial charge in [-0.25, -0.2) is 18.1 Å². The summed E-state index contributed by atoms with van der Waals surface area (Å²) < 4.78 is 33.4. The van der Waals surface area contributed by atoms with Gasteiger partial charge >= 0.3 is 0 Å². The zero-order valence-corrected chi connectivity index (χ0v) is 13.8. The Kier molecular flexibility index (Phi) is 4.52. The lowest BCUT2D eigenvalue weighted by Gasteiger charge is -2.12. The third-order valence-corrected chi connectivity index (χ3v) is 4.83. The molecule has 126 valence electrons. The summed E-state index contributed by atoms with van der Waals surface area (Å²) in [4.78, 5) is 3.80. The highest BCUT2D eigenvalue weighted by atomic mass is 32.2. The number of sulfonamides is 1. The molecule has 0 aliphatic heterocycles. The van der Waals surface area contributed by atoms with E-state index >= 15 is 0 Å². The third-order valence-electron chi connectivity index (χ3n) is 3.52. The molecule has 3 aromatic rings. The molecule has 7 nitrogen and oxygen atoms in total. The van der Waals surface area contributed by atoms with E-state index in [0.29, 0.717) is 5.56 Å². The number of aliphatic hydroxyl groups excluding tert-OH is 1. The van der Waals surface area contributed by atoms with Crippen molar-refractivity contribution in [1.82, 2.24) is 14.3 Å². The van der Waals surface area contributed by atoms with Crippen molar-refractivity contribution in [3.63, 3.8) is 0 Å². The second-order valence-corrected chi connectivity index (χ2v) is 7.06. The molecule has 8 heteroatoms. The first-order valence-corrected chi connectivity index (χ1v) is 8.73. The van der Waals surface area contributed by atoms with Gasteiger partial charge in [0, 0.05) is 25.4 Å². The first kappa shape index (κ1) is 16.4. The number of furan rings is 1. The van der Waals surface area contributed by atoms with Gasteiger partial charge in [-0.15, -0.1) is 0 Å². The zero-order valence-electron chi connectivity index (χ0n) is 13.0. The number of aliphatic hydroxyl groups is 1. The van der Waals surface area contributed by atoms with Crippen LogP contribution in [0.4, 0.5) is 0 Å². The molecule has 0 aliphatic carbocycles. The van der Waals surface area contributed by atoms with Crippen LogP contribution in [-0.4, -0.2) is 29.6 Å². The lowest BCUT2D eigenvalue weighted by atomic mass is 10.1. The number of hydrogen-bond donors (Lipinski definition) is 2. The molecular formula is C16H17N3O4S. The Morgan fingerprint density at radius 2 is 2.04 bits per heavy atom. The first-order valence-electron chi connectivity index (χ1n) is 7.25. The van der Waals surface area contributed by atoms with Crippen LogP contribution in [0.25, 0.3) is 11.3 Å².